The summed E-state index contributed by atoms with van der Waals surface area (Å²) in [5, 5.41) is 9.13. The lowest BCUT2D eigenvalue weighted by Crippen LogP contribution is -2.33. The number of carbonyl (C=O) groups is 1. The van der Waals surface area contributed by atoms with Gasteiger partial charge in [-0.3, -0.25) is 9.59 Å². The van der Waals surface area contributed by atoms with Crippen molar-refractivity contribution in [2.24, 2.45) is 0 Å². The van der Waals surface area contributed by atoms with Crippen molar-refractivity contribution in [3.05, 3.63) is 76.6 Å². The Morgan fingerprint density at radius 1 is 1.07 bits per heavy atom. The summed E-state index contributed by atoms with van der Waals surface area (Å²) >= 11 is 0. The van der Waals surface area contributed by atoms with Crippen LogP contribution in [0.3, 0.4) is 0 Å². The van der Waals surface area contributed by atoms with Crippen molar-refractivity contribution in [1.82, 2.24) is 14.5 Å². The average molecular weight is 426 g/mol. The smallest absolute Gasteiger partial charge is 0.264 e. The van der Waals surface area contributed by atoms with Gasteiger partial charge in [0, 0.05) is 36.0 Å². The summed E-state index contributed by atoms with van der Waals surface area (Å²) in [4.78, 5) is 23.9. The van der Waals surface area contributed by atoms with Gasteiger partial charge < -0.3 is 5.32 Å². The summed E-state index contributed by atoms with van der Waals surface area (Å²) in [6.45, 7) is 3.58. The summed E-state index contributed by atoms with van der Waals surface area (Å²) in [6.07, 6.45) is 0. The van der Waals surface area contributed by atoms with Crippen molar-refractivity contribution < 1.29 is 13.2 Å². The first-order valence-corrected chi connectivity index (χ1v) is 10.7. The second-order valence-corrected chi connectivity index (χ2v) is 8.98. The molecule has 1 heterocycles. The predicted octanol–water partition coefficient (Wildman–Crippen LogP) is 2.72. The lowest BCUT2D eigenvalue weighted by molar-refractivity contribution is 0.102. The minimum absolute atomic E-state index is 0.126. The highest BCUT2D eigenvalue weighted by atomic mass is 32.2. The molecule has 0 aliphatic carbocycles. The molecule has 0 saturated heterocycles. The first-order valence-electron chi connectivity index (χ1n) is 9.24. The number of aromatic nitrogens is 2. The number of hydrogen-bond acceptors (Lipinski definition) is 5. The SMILES string of the molecule is CC(C)N(C)S(=O)(=O)c1ccc(C(=O)Nc2cccc(-c3ccc(=O)[nH]n3)c2)cc1. The van der Waals surface area contributed by atoms with Crippen LogP contribution in [0.5, 0.6) is 0 Å². The van der Waals surface area contributed by atoms with Gasteiger partial charge in [-0.05, 0) is 56.3 Å². The van der Waals surface area contributed by atoms with Gasteiger partial charge in [-0.15, -0.1) is 0 Å². The highest BCUT2D eigenvalue weighted by Gasteiger charge is 2.23. The minimum Gasteiger partial charge on any atom is -0.322 e. The quantitative estimate of drug-likeness (QED) is 0.629. The Labute approximate surface area is 174 Å². The third-order valence-corrected chi connectivity index (χ3v) is 6.66. The molecule has 8 nitrogen and oxygen atoms in total. The third-order valence-electron chi connectivity index (χ3n) is 4.62. The van der Waals surface area contributed by atoms with Crippen LogP contribution in [0.1, 0.15) is 24.2 Å². The molecule has 2 N–H and O–H groups in total. The molecule has 2 aromatic carbocycles. The van der Waals surface area contributed by atoms with Gasteiger partial charge >= 0.3 is 0 Å². The van der Waals surface area contributed by atoms with Crippen LogP contribution in [0.4, 0.5) is 5.69 Å². The van der Waals surface area contributed by atoms with E-state index < -0.39 is 10.0 Å². The fourth-order valence-corrected chi connectivity index (χ4v) is 4.05. The van der Waals surface area contributed by atoms with E-state index in [9.17, 15) is 18.0 Å². The average Bonchev–Trinajstić information content (AvgIpc) is 2.74. The van der Waals surface area contributed by atoms with Crippen LogP contribution in [-0.2, 0) is 10.0 Å². The van der Waals surface area contributed by atoms with E-state index in [-0.39, 0.29) is 22.4 Å². The summed E-state index contributed by atoms with van der Waals surface area (Å²) in [5.41, 5.74) is 1.86. The molecule has 0 atom stereocenters. The summed E-state index contributed by atoms with van der Waals surface area (Å²) in [6, 6.07) is 15.6. The number of anilines is 1. The molecule has 0 bridgehead atoms. The molecular weight excluding hydrogens is 404 g/mol. The van der Waals surface area contributed by atoms with Crippen LogP contribution >= 0.6 is 0 Å². The molecule has 0 unspecified atom stereocenters. The number of amides is 1. The molecule has 0 aliphatic heterocycles. The van der Waals surface area contributed by atoms with E-state index in [0.29, 0.717) is 16.9 Å². The molecule has 0 spiro atoms. The second-order valence-electron chi connectivity index (χ2n) is 6.98. The molecule has 3 rings (SSSR count). The monoisotopic (exact) mass is 426 g/mol. The fraction of sp³-hybridized carbons (Fsp3) is 0.190. The van der Waals surface area contributed by atoms with E-state index >= 15 is 0 Å². The Balaban J connectivity index is 1.77. The van der Waals surface area contributed by atoms with Crippen LogP contribution in [0.25, 0.3) is 11.3 Å². The molecule has 30 heavy (non-hydrogen) atoms. The summed E-state index contributed by atoms with van der Waals surface area (Å²) in [5.74, 6) is -0.372. The molecule has 1 amide bonds. The van der Waals surface area contributed by atoms with Gasteiger partial charge in [-0.2, -0.15) is 9.40 Å². The van der Waals surface area contributed by atoms with Crippen molar-refractivity contribution in [2.75, 3.05) is 12.4 Å². The first-order chi connectivity index (χ1) is 14.2. The molecule has 3 aromatic rings. The number of nitrogens with one attached hydrogen (secondary N) is 2. The highest BCUT2D eigenvalue weighted by molar-refractivity contribution is 7.89. The number of sulfonamides is 1. The number of carbonyl (C=O) groups excluding carboxylic acids is 1. The summed E-state index contributed by atoms with van der Waals surface area (Å²) in [7, 11) is -2.09. The van der Waals surface area contributed by atoms with Gasteiger partial charge in [-0.25, -0.2) is 13.5 Å². The molecular formula is C21H22N4O4S. The van der Waals surface area contributed by atoms with Crippen LogP contribution < -0.4 is 10.9 Å². The fourth-order valence-electron chi connectivity index (χ4n) is 2.69. The van der Waals surface area contributed by atoms with Gasteiger partial charge in [-0.1, -0.05) is 12.1 Å². The van der Waals surface area contributed by atoms with Crippen molar-refractivity contribution in [3.8, 4) is 11.3 Å². The van der Waals surface area contributed by atoms with Crippen LogP contribution in [0.2, 0.25) is 0 Å². The van der Waals surface area contributed by atoms with Crippen molar-refractivity contribution in [1.29, 1.82) is 0 Å². The van der Waals surface area contributed by atoms with Crippen molar-refractivity contribution >= 4 is 21.6 Å². The van der Waals surface area contributed by atoms with E-state index in [1.54, 1.807) is 44.2 Å². The lowest BCUT2D eigenvalue weighted by atomic mass is 10.1. The number of aromatic amines is 1. The maximum atomic E-state index is 12.6. The number of benzene rings is 2. The number of nitrogens with zero attached hydrogens (tertiary/aromatic N) is 2. The molecule has 0 fully saturated rings. The number of H-pyrrole nitrogens is 1. The number of rotatable bonds is 6. The second kappa shape index (κ2) is 8.60. The predicted molar refractivity (Wildman–Crippen MR) is 115 cm³/mol. The first kappa shape index (κ1) is 21.4. The van der Waals surface area contributed by atoms with Crippen LogP contribution in [0, 0.1) is 0 Å². The van der Waals surface area contributed by atoms with Gasteiger partial charge in [0.05, 0.1) is 10.6 Å². The van der Waals surface area contributed by atoms with E-state index in [4.69, 9.17) is 0 Å². The van der Waals surface area contributed by atoms with Crippen LogP contribution in [0.15, 0.2) is 70.4 Å². The van der Waals surface area contributed by atoms with Gasteiger partial charge in [0.2, 0.25) is 10.0 Å². The van der Waals surface area contributed by atoms with Crippen molar-refractivity contribution in [2.45, 2.75) is 24.8 Å². The standard InChI is InChI=1S/C21H22N4O4S/c1-14(2)25(3)30(28,29)18-9-7-15(8-10-18)21(27)22-17-6-4-5-16(13-17)19-11-12-20(26)24-23-19/h4-14H,1-3H3,(H,22,27)(H,24,26). The Kier molecular flexibility index (Phi) is 6.14. The molecule has 0 saturated carbocycles. The topological polar surface area (TPSA) is 112 Å². The normalized spacial score (nSPS) is 11.6. The third kappa shape index (κ3) is 4.64. The zero-order valence-corrected chi connectivity index (χ0v) is 17.6. The maximum absolute atomic E-state index is 12.6. The molecule has 0 radical (unpaired) electrons. The molecule has 9 heteroatoms. The van der Waals surface area contributed by atoms with E-state index in [1.807, 2.05) is 0 Å². The van der Waals surface area contributed by atoms with Gasteiger partial charge in [0.25, 0.3) is 11.5 Å². The summed E-state index contributed by atoms with van der Waals surface area (Å²) < 4.78 is 26.3. The zero-order valence-electron chi connectivity index (χ0n) is 16.8. The Bertz CT molecular complexity index is 1200. The van der Waals surface area contributed by atoms with E-state index in [0.717, 1.165) is 5.56 Å². The highest BCUT2D eigenvalue weighted by Crippen LogP contribution is 2.21. The van der Waals surface area contributed by atoms with E-state index in [1.165, 1.54) is 41.7 Å². The van der Waals surface area contributed by atoms with Crippen LogP contribution in [-0.4, -0.2) is 41.9 Å². The lowest BCUT2D eigenvalue weighted by Gasteiger charge is -2.21. The van der Waals surface area contributed by atoms with Gasteiger partial charge in [0.1, 0.15) is 0 Å². The van der Waals surface area contributed by atoms with Gasteiger partial charge in [0.15, 0.2) is 0 Å². The van der Waals surface area contributed by atoms with Crippen molar-refractivity contribution in [3.63, 3.8) is 0 Å². The molecule has 0 aliphatic rings. The minimum atomic E-state index is -3.61. The number of hydrogen-bond donors (Lipinski definition) is 2. The van der Waals surface area contributed by atoms with E-state index in [2.05, 4.69) is 15.5 Å². The Hall–Kier alpha value is -3.30. The molecule has 156 valence electrons. The molecule has 1 aromatic heterocycles. The Morgan fingerprint density at radius 2 is 1.77 bits per heavy atom. The maximum Gasteiger partial charge on any atom is 0.264 e. The largest absolute Gasteiger partial charge is 0.322 e. The zero-order chi connectivity index (χ0) is 21.9. The Morgan fingerprint density at radius 3 is 2.37 bits per heavy atom.